The number of benzene rings is 1. The zero-order valence-corrected chi connectivity index (χ0v) is 9.58. The maximum atomic E-state index is 8.57. The Kier molecular flexibility index (Phi) is 4.03. The van der Waals surface area contributed by atoms with Gasteiger partial charge < -0.3 is 5.32 Å². The van der Waals surface area contributed by atoms with Crippen molar-refractivity contribution in [1.29, 1.82) is 5.26 Å². The number of nitrogens with one attached hydrogen (secondary N) is 1. The van der Waals surface area contributed by atoms with Crippen molar-refractivity contribution in [3.63, 3.8) is 0 Å². The molecule has 1 atom stereocenters. The largest absolute Gasteiger partial charge is 0.384 e. The van der Waals surface area contributed by atoms with Gasteiger partial charge in [-0.1, -0.05) is 0 Å². The van der Waals surface area contributed by atoms with Crippen LogP contribution >= 0.6 is 22.6 Å². The van der Waals surface area contributed by atoms with Crippen LogP contribution in [0.2, 0.25) is 0 Å². The highest BCUT2D eigenvalue weighted by atomic mass is 127. The Balaban J connectivity index is 2.47. The van der Waals surface area contributed by atoms with E-state index in [0.29, 0.717) is 6.54 Å². The summed E-state index contributed by atoms with van der Waals surface area (Å²) in [5, 5.41) is 11.8. The maximum Gasteiger partial charge on any atom is 0.0671 e. The topological polar surface area (TPSA) is 35.8 Å². The standard InChI is InChI=1S/C10H11IN2/c1-8(6-12)7-13-10-4-2-9(11)3-5-10/h2-5,8,13H,7H2,1H3. The predicted molar refractivity (Wildman–Crippen MR) is 62.4 cm³/mol. The molecule has 1 N–H and O–H groups in total. The van der Waals surface area contributed by atoms with Gasteiger partial charge in [0.1, 0.15) is 0 Å². The van der Waals surface area contributed by atoms with Crippen LogP contribution in [0.25, 0.3) is 0 Å². The lowest BCUT2D eigenvalue weighted by Crippen LogP contribution is -2.08. The molecule has 68 valence electrons. The van der Waals surface area contributed by atoms with Gasteiger partial charge in [-0.3, -0.25) is 0 Å². The summed E-state index contributed by atoms with van der Waals surface area (Å²) >= 11 is 2.27. The molecule has 1 rings (SSSR count). The zero-order chi connectivity index (χ0) is 9.68. The summed E-state index contributed by atoms with van der Waals surface area (Å²) in [6, 6.07) is 10.3. The molecule has 1 aromatic rings. The first kappa shape index (κ1) is 10.3. The Morgan fingerprint density at radius 2 is 2.08 bits per heavy atom. The van der Waals surface area contributed by atoms with Gasteiger partial charge in [0.05, 0.1) is 12.0 Å². The fourth-order valence-electron chi connectivity index (χ4n) is 0.884. The quantitative estimate of drug-likeness (QED) is 0.867. The molecule has 0 fully saturated rings. The predicted octanol–water partition coefficient (Wildman–Crippen LogP) is 2.86. The Bertz CT molecular complexity index is 300. The van der Waals surface area contributed by atoms with Gasteiger partial charge in [-0.15, -0.1) is 0 Å². The SMILES string of the molecule is CC(C#N)CNc1ccc(I)cc1. The van der Waals surface area contributed by atoms with Crippen LogP contribution in [0.1, 0.15) is 6.92 Å². The number of rotatable bonds is 3. The zero-order valence-electron chi connectivity index (χ0n) is 7.42. The molecule has 0 bridgehead atoms. The molecular formula is C10H11IN2. The molecule has 0 radical (unpaired) electrons. The fraction of sp³-hybridized carbons (Fsp3) is 0.300. The van der Waals surface area contributed by atoms with Gasteiger partial charge in [-0.2, -0.15) is 5.26 Å². The minimum atomic E-state index is 0.0549. The molecule has 0 heterocycles. The van der Waals surface area contributed by atoms with Crippen LogP contribution in [0.4, 0.5) is 5.69 Å². The molecule has 0 aliphatic rings. The third kappa shape index (κ3) is 3.64. The molecule has 0 amide bonds. The van der Waals surface area contributed by atoms with Crippen LogP contribution in [-0.2, 0) is 0 Å². The summed E-state index contributed by atoms with van der Waals surface area (Å²) in [4.78, 5) is 0. The van der Waals surface area contributed by atoms with Gasteiger partial charge in [-0.05, 0) is 53.8 Å². The molecule has 3 heteroatoms. The highest BCUT2D eigenvalue weighted by Gasteiger charge is 1.98. The first-order valence-corrected chi connectivity index (χ1v) is 5.19. The van der Waals surface area contributed by atoms with Crippen molar-refractivity contribution in [2.45, 2.75) is 6.92 Å². The van der Waals surface area contributed by atoms with Crippen LogP contribution in [0.3, 0.4) is 0 Å². The van der Waals surface area contributed by atoms with Crippen molar-refractivity contribution in [3.8, 4) is 6.07 Å². The van der Waals surface area contributed by atoms with Gasteiger partial charge in [0, 0.05) is 15.8 Å². The van der Waals surface area contributed by atoms with Crippen LogP contribution in [0, 0.1) is 20.8 Å². The molecule has 0 saturated carbocycles. The van der Waals surface area contributed by atoms with Gasteiger partial charge in [0.2, 0.25) is 0 Å². The Morgan fingerprint density at radius 3 is 2.62 bits per heavy atom. The molecule has 0 aliphatic heterocycles. The molecule has 0 aliphatic carbocycles. The highest BCUT2D eigenvalue weighted by molar-refractivity contribution is 14.1. The van der Waals surface area contributed by atoms with E-state index in [-0.39, 0.29) is 5.92 Å². The van der Waals surface area contributed by atoms with Crippen molar-refractivity contribution in [1.82, 2.24) is 0 Å². The van der Waals surface area contributed by atoms with Crippen molar-refractivity contribution >= 4 is 28.3 Å². The molecule has 0 aromatic heterocycles. The summed E-state index contributed by atoms with van der Waals surface area (Å²) in [6.07, 6.45) is 0. The third-order valence-corrected chi connectivity index (χ3v) is 2.40. The monoisotopic (exact) mass is 286 g/mol. The Hall–Kier alpha value is -0.760. The Morgan fingerprint density at radius 1 is 1.46 bits per heavy atom. The van der Waals surface area contributed by atoms with Crippen molar-refractivity contribution in [2.24, 2.45) is 5.92 Å². The van der Waals surface area contributed by atoms with Gasteiger partial charge in [0.25, 0.3) is 0 Å². The second kappa shape index (κ2) is 5.07. The van der Waals surface area contributed by atoms with Crippen LogP contribution in [-0.4, -0.2) is 6.54 Å². The Labute approximate surface area is 92.1 Å². The lowest BCUT2D eigenvalue weighted by atomic mass is 10.2. The smallest absolute Gasteiger partial charge is 0.0671 e. The number of anilines is 1. The average Bonchev–Trinajstić information content (AvgIpc) is 2.16. The number of hydrogen-bond acceptors (Lipinski definition) is 2. The molecule has 13 heavy (non-hydrogen) atoms. The van der Waals surface area contributed by atoms with E-state index >= 15 is 0 Å². The van der Waals surface area contributed by atoms with Gasteiger partial charge in [0.15, 0.2) is 0 Å². The second-order valence-electron chi connectivity index (χ2n) is 2.92. The van der Waals surface area contributed by atoms with Crippen LogP contribution in [0.5, 0.6) is 0 Å². The van der Waals surface area contributed by atoms with Crippen LogP contribution < -0.4 is 5.32 Å². The number of nitriles is 1. The van der Waals surface area contributed by atoms with E-state index in [1.54, 1.807) is 0 Å². The summed E-state index contributed by atoms with van der Waals surface area (Å²) < 4.78 is 1.22. The normalized spacial score (nSPS) is 11.8. The van der Waals surface area contributed by atoms with E-state index < -0.39 is 0 Å². The molecule has 1 aromatic carbocycles. The van der Waals surface area contributed by atoms with E-state index in [2.05, 4.69) is 34.0 Å². The maximum absolute atomic E-state index is 8.57. The fourth-order valence-corrected chi connectivity index (χ4v) is 1.24. The lowest BCUT2D eigenvalue weighted by Gasteiger charge is -2.06. The van der Waals surface area contributed by atoms with E-state index in [4.69, 9.17) is 5.26 Å². The van der Waals surface area contributed by atoms with Crippen molar-refractivity contribution in [2.75, 3.05) is 11.9 Å². The molecule has 2 nitrogen and oxygen atoms in total. The number of hydrogen-bond donors (Lipinski definition) is 1. The van der Waals surface area contributed by atoms with Crippen molar-refractivity contribution < 1.29 is 0 Å². The summed E-state index contributed by atoms with van der Waals surface area (Å²) in [5.41, 5.74) is 1.07. The molecular weight excluding hydrogens is 275 g/mol. The minimum absolute atomic E-state index is 0.0549. The first-order chi connectivity index (χ1) is 6.22. The molecule has 0 saturated heterocycles. The highest BCUT2D eigenvalue weighted by Crippen LogP contribution is 2.11. The second-order valence-corrected chi connectivity index (χ2v) is 4.16. The molecule has 0 spiro atoms. The summed E-state index contributed by atoms with van der Waals surface area (Å²) in [6.45, 7) is 2.61. The van der Waals surface area contributed by atoms with Crippen molar-refractivity contribution in [3.05, 3.63) is 27.8 Å². The average molecular weight is 286 g/mol. The summed E-state index contributed by atoms with van der Waals surface area (Å²) in [7, 11) is 0. The van der Waals surface area contributed by atoms with Gasteiger partial charge in [-0.25, -0.2) is 0 Å². The molecule has 1 unspecified atom stereocenters. The van der Waals surface area contributed by atoms with E-state index in [9.17, 15) is 0 Å². The van der Waals surface area contributed by atoms with E-state index in [1.807, 2.05) is 31.2 Å². The summed E-state index contributed by atoms with van der Waals surface area (Å²) in [5.74, 6) is 0.0549. The minimum Gasteiger partial charge on any atom is -0.384 e. The van der Waals surface area contributed by atoms with E-state index in [1.165, 1.54) is 3.57 Å². The van der Waals surface area contributed by atoms with E-state index in [0.717, 1.165) is 5.69 Å². The number of nitrogens with zero attached hydrogens (tertiary/aromatic N) is 1. The number of halogens is 1. The van der Waals surface area contributed by atoms with Crippen LogP contribution in [0.15, 0.2) is 24.3 Å². The third-order valence-electron chi connectivity index (χ3n) is 1.68. The first-order valence-electron chi connectivity index (χ1n) is 4.11. The van der Waals surface area contributed by atoms with Gasteiger partial charge >= 0.3 is 0 Å². The lowest BCUT2D eigenvalue weighted by molar-refractivity contribution is 0.786.